The molecule has 3 unspecified atom stereocenters. The van der Waals surface area contributed by atoms with Crippen molar-refractivity contribution in [3.8, 4) is 0 Å². The second-order valence-electron chi connectivity index (χ2n) is 5.97. The van der Waals surface area contributed by atoms with Crippen molar-refractivity contribution in [3.63, 3.8) is 0 Å². The Kier molecular flexibility index (Phi) is 3.92. The van der Waals surface area contributed by atoms with Gasteiger partial charge in [0.1, 0.15) is 0 Å². The summed E-state index contributed by atoms with van der Waals surface area (Å²) in [6.07, 6.45) is 4.09. The Labute approximate surface area is 119 Å². The van der Waals surface area contributed by atoms with Crippen LogP contribution in [0.1, 0.15) is 31.2 Å². The molecule has 3 N–H and O–H groups in total. The van der Waals surface area contributed by atoms with Gasteiger partial charge >= 0.3 is 0 Å². The molecule has 0 aromatic heterocycles. The van der Waals surface area contributed by atoms with Gasteiger partial charge in [-0.1, -0.05) is 18.2 Å². The summed E-state index contributed by atoms with van der Waals surface area (Å²) in [6, 6.07) is 8.30. The Balaban J connectivity index is 1.59. The third-order valence-electron chi connectivity index (χ3n) is 4.39. The number of nitrogens with one attached hydrogen (secondary N) is 2. The molecule has 0 radical (unpaired) electrons. The molecule has 1 aliphatic carbocycles. The number of rotatable bonds is 2. The fourth-order valence-corrected chi connectivity index (χ4v) is 3.24. The topological polar surface area (TPSA) is 61.4 Å². The lowest BCUT2D eigenvalue weighted by Crippen LogP contribution is -2.45. The van der Waals surface area contributed by atoms with E-state index >= 15 is 0 Å². The van der Waals surface area contributed by atoms with Crippen LogP contribution in [0, 0.1) is 5.92 Å². The lowest BCUT2D eigenvalue weighted by atomic mass is 9.90. The maximum Gasteiger partial charge on any atom is 0.225 e. The number of hydrogen-bond donors (Lipinski definition) is 3. The minimum atomic E-state index is -0.251. The molecule has 1 amide bonds. The van der Waals surface area contributed by atoms with Crippen LogP contribution in [0.15, 0.2) is 24.3 Å². The fourth-order valence-electron chi connectivity index (χ4n) is 3.24. The lowest BCUT2D eigenvalue weighted by molar-refractivity contribution is -0.125. The van der Waals surface area contributed by atoms with Gasteiger partial charge in [0.25, 0.3) is 0 Å². The Morgan fingerprint density at radius 1 is 1.30 bits per heavy atom. The van der Waals surface area contributed by atoms with Crippen LogP contribution in [0.25, 0.3) is 0 Å². The molecule has 1 aliphatic heterocycles. The van der Waals surface area contributed by atoms with E-state index < -0.39 is 0 Å². The van der Waals surface area contributed by atoms with Crippen LogP contribution in [0.4, 0.5) is 5.69 Å². The maximum atomic E-state index is 12.4. The minimum Gasteiger partial charge on any atom is -0.393 e. The summed E-state index contributed by atoms with van der Waals surface area (Å²) in [5, 5.41) is 16.1. The van der Waals surface area contributed by atoms with Crippen molar-refractivity contribution in [1.29, 1.82) is 0 Å². The third-order valence-corrected chi connectivity index (χ3v) is 4.39. The van der Waals surface area contributed by atoms with Gasteiger partial charge in [-0.3, -0.25) is 4.79 Å². The summed E-state index contributed by atoms with van der Waals surface area (Å²) in [7, 11) is 0. The van der Waals surface area contributed by atoms with Crippen molar-refractivity contribution in [2.45, 2.75) is 44.2 Å². The summed E-state index contributed by atoms with van der Waals surface area (Å²) in [4.78, 5) is 12.4. The number of benzene rings is 1. The van der Waals surface area contributed by atoms with Gasteiger partial charge in [-0.25, -0.2) is 0 Å². The number of carbonyl (C=O) groups is 1. The molecule has 1 fully saturated rings. The van der Waals surface area contributed by atoms with Gasteiger partial charge in [0, 0.05) is 18.3 Å². The zero-order valence-corrected chi connectivity index (χ0v) is 11.6. The van der Waals surface area contributed by atoms with Crippen molar-refractivity contribution in [2.24, 2.45) is 5.92 Å². The van der Waals surface area contributed by atoms with Crippen molar-refractivity contribution in [2.75, 3.05) is 11.9 Å². The van der Waals surface area contributed by atoms with Crippen LogP contribution < -0.4 is 10.6 Å². The van der Waals surface area contributed by atoms with E-state index in [0.717, 1.165) is 31.4 Å². The van der Waals surface area contributed by atoms with Gasteiger partial charge in [-0.15, -0.1) is 0 Å². The first-order valence-corrected chi connectivity index (χ1v) is 7.52. The van der Waals surface area contributed by atoms with E-state index in [1.54, 1.807) is 0 Å². The molecule has 1 aromatic carbocycles. The first-order chi connectivity index (χ1) is 9.72. The molecule has 1 saturated carbocycles. The first-order valence-electron chi connectivity index (χ1n) is 7.52. The number of anilines is 1. The number of hydrogen-bond acceptors (Lipinski definition) is 3. The van der Waals surface area contributed by atoms with Crippen LogP contribution >= 0.6 is 0 Å². The van der Waals surface area contributed by atoms with E-state index in [9.17, 15) is 9.90 Å². The number of fused-ring (bicyclic) bond motifs is 1. The van der Waals surface area contributed by atoms with Gasteiger partial charge in [0.05, 0.1) is 12.0 Å². The van der Waals surface area contributed by atoms with Gasteiger partial charge in [-0.2, -0.15) is 0 Å². The molecule has 2 aliphatic rings. The van der Waals surface area contributed by atoms with E-state index in [1.807, 2.05) is 12.1 Å². The van der Waals surface area contributed by atoms with E-state index in [-0.39, 0.29) is 24.0 Å². The van der Waals surface area contributed by atoms with Crippen molar-refractivity contribution in [1.82, 2.24) is 5.32 Å². The molecule has 1 heterocycles. The van der Waals surface area contributed by atoms with E-state index in [0.29, 0.717) is 13.0 Å². The summed E-state index contributed by atoms with van der Waals surface area (Å²) >= 11 is 0. The molecule has 0 spiro atoms. The smallest absolute Gasteiger partial charge is 0.225 e. The summed E-state index contributed by atoms with van der Waals surface area (Å²) in [5.41, 5.74) is 2.35. The molecule has 108 valence electrons. The normalized spacial score (nSPS) is 29.1. The van der Waals surface area contributed by atoms with E-state index in [1.165, 1.54) is 5.56 Å². The van der Waals surface area contributed by atoms with Crippen molar-refractivity contribution < 1.29 is 9.90 Å². The molecule has 0 saturated heterocycles. The molecule has 4 nitrogen and oxygen atoms in total. The second-order valence-corrected chi connectivity index (χ2v) is 5.97. The zero-order chi connectivity index (χ0) is 13.9. The SMILES string of the molecule is O=C(NC1CCCC(O)C1)C1CNc2ccccc2C1. The van der Waals surface area contributed by atoms with Crippen molar-refractivity contribution >= 4 is 11.6 Å². The highest BCUT2D eigenvalue weighted by atomic mass is 16.3. The van der Waals surface area contributed by atoms with Crippen LogP contribution in [0.2, 0.25) is 0 Å². The van der Waals surface area contributed by atoms with Crippen LogP contribution in [-0.2, 0) is 11.2 Å². The van der Waals surface area contributed by atoms with Crippen LogP contribution in [0.3, 0.4) is 0 Å². The predicted octanol–water partition coefficient (Wildman–Crippen LogP) is 1.69. The second kappa shape index (κ2) is 5.83. The summed E-state index contributed by atoms with van der Waals surface area (Å²) < 4.78 is 0. The average molecular weight is 274 g/mol. The van der Waals surface area contributed by atoms with Gasteiger partial charge in [-0.05, 0) is 43.7 Å². The molecule has 4 heteroatoms. The fraction of sp³-hybridized carbons (Fsp3) is 0.562. The Morgan fingerprint density at radius 3 is 3.00 bits per heavy atom. The number of aliphatic hydroxyl groups excluding tert-OH is 1. The molecule has 3 rings (SSSR count). The van der Waals surface area contributed by atoms with Gasteiger partial charge in [0.15, 0.2) is 0 Å². The Hall–Kier alpha value is -1.55. The van der Waals surface area contributed by atoms with Crippen molar-refractivity contribution in [3.05, 3.63) is 29.8 Å². The number of para-hydroxylation sites is 1. The molecule has 1 aromatic rings. The maximum absolute atomic E-state index is 12.4. The molecule has 3 atom stereocenters. The van der Waals surface area contributed by atoms with Gasteiger partial charge < -0.3 is 15.7 Å². The minimum absolute atomic E-state index is 0.0102. The molecular formula is C16H22N2O2. The highest BCUT2D eigenvalue weighted by molar-refractivity contribution is 5.81. The molecule has 0 bridgehead atoms. The standard InChI is InChI=1S/C16H22N2O2/c19-14-6-3-5-13(9-14)18-16(20)12-8-11-4-1-2-7-15(11)17-10-12/h1-2,4,7,12-14,17,19H,3,5-6,8-10H2,(H,18,20). The quantitative estimate of drug-likeness (QED) is 0.769. The van der Waals surface area contributed by atoms with E-state index in [2.05, 4.69) is 22.8 Å². The first kappa shape index (κ1) is 13.4. The lowest BCUT2D eigenvalue weighted by Gasteiger charge is -2.30. The largest absolute Gasteiger partial charge is 0.393 e. The summed E-state index contributed by atoms with van der Waals surface area (Å²) in [5.74, 6) is 0.107. The molecular weight excluding hydrogens is 252 g/mol. The highest BCUT2D eigenvalue weighted by Crippen LogP contribution is 2.25. The van der Waals surface area contributed by atoms with Crippen LogP contribution in [-0.4, -0.2) is 29.7 Å². The van der Waals surface area contributed by atoms with Gasteiger partial charge in [0.2, 0.25) is 5.91 Å². The monoisotopic (exact) mass is 274 g/mol. The predicted molar refractivity (Wildman–Crippen MR) is 78.5 cm³/mol. The van der Waals surface area contributed by atoms with E-state index in [4.69, 9.17) is 0 Å². The summed E-state index contributed by atoms with van der Waals surface area (Å²) in [6.45, 7) is 0.693. The third kappa shape index (κ3) is 2.96. The Morgan fingerprint density at radius 2 is 2.15 bits per heavy atom. The average Bonchev–Trinajstić information content (AvgIpc) is 2.47. The number of aliphatic hydroxyl groups is 1. The zero-order valence-electron chi connectivity index (χ0n) is 11.6. The Bertz CT molecular complexity index is 489. The molecule has 20 heavy (non-hydrogen) atoms. The number of amides is 1. The highest BCUT2D eigenvalue weighted by Gasteiger charge is 2.27. The van der Waals surface area contributed by atoms with Crippen LogP contribution in [0.5, 0.6) is 0 Å². The number of carbonyl (C=O) groups excluding carboxylic acids is 1.